The Morgan fingerprint density at radius 1 is 1.07 bits per heavy atom. The molecule has 0 saturated carbocycles. The summed E-state index contributed by atoms with van der Waals surface area (Å²) in [5.41, 5.74) is 2.66. The van der Waals surface area contributed by atoms with E-state index in [4.69, 9.17) is 0 Å². The van der Waals surface area contributed by atoms with Gasteiger partial charge in [-0.25, -0.2) is 0 Å². The Labute approximate surface area is 188 Å². The minimum atomic E-state index is 0. The van der Waals surface area contributed by atoms with Gasteiger partial charge in [0.1, 0.15) is 0 Å². The van der Waals surface area contributed by atoms with E-state index in [1.54, 1.807) is 0 Å². The third-order valence-electron chi connectivity index (χ3n) is 5.80. The second kappa shape index (κ2) is 11.9. The van der Waals surface area contributed by atoms with Gasteiger partial charge in [0.2, 0.25) is 0 Å². The molecule has 28 heavy (non-hydrogen) atoms. The van der Waals surface area contributed by atoms with Gasteiger partial charge in [-0.2, -0.15) is 0 Å². The minimum Gasteiger partial charge on any atom is -0.372 e. The van der Waals surface area contributed by atoms with Crippen molar-refractivity contribution in [3.05, 3.63) is 29.8 Å². The predicted molar refractivity (Wildman–Crippen MR) is 131 cm³/mol. The third kappa shape index (κ3) is 6.79. The van der Waals surface area contributed by atoms with Gasteiger partial charge in [-0.05, 0) is 69.3 Å². The fraction of sp³-hybridized carbons (Fsp3) is 0.682. The van der Waals surface area contributed by atoms with Gasteiger partial charge in [-0.1, -0.05) is 19.1 Å². The molecule has 0 spiro atoms. The summed E-state index contributed by atoms with van der Waals surface area (Å²) in [6, 6.07) is 9.17. The summed E-state index contributed by atoms with van der Waals surface area (Å²) in [4.78, 5) is 9.50. The van der Waals surface area contributed by atoms with Crippen LogP contribution < -0.4 is 15.5 Å². The number of hydrogen-bond donors (Lipinski definition) is 2. The van der Waals surface area contributed by atoms with Crippen LogP contribution in [0.15, 0.2) is 29.3 Å². The van der Waals surface area contributed by atoms with Crippen molar-refractivity contribution < 1.29 is 0 Å². The summed E-state index contributed by atoms with van der Waals surface area (Å²) >= 11 is 0. The standard InChI is InChI=1S/C22H37N5.HI/c1-18(17-26-11-4-5-12-26)16-24-22(23-3)25-19(2)20-9-8-10-21(15-20)27-13-6-7-14-27;/h8-10,15,18-19H,4-7,11-14,16-17H2,1-3H3,(H2,23,24,25);1H. The van der Waals surface area contributed by atoms with Gasteiger partial charge in [0.15, 0.2) is 5.96 Å². The van der Waals surface area contributed by atoms with Gasteiger partial charge in [-0.3, -0.25) is 4.99 Å². The number of benzene rings is 1. The summed E-state index contributed by atoms with van der Waals surface area (Å²) in [5.74, 6) is 1.51. The van der Waals surface area contributed by atoms with E-state index < -0.39 is 0 Å². The quantitative estimate of drug-likeness (QED) is 0.340. The number of guanidine groups is 1. The van der Waals surface area contributed by atoms with Crippen molar-refractivity contribution in [2.24, 2.45) is 10.9 Å². The largest absolute Gasteiger partial charge is 0.372 e. The average Bonchev–Trinajstić information content (AvgIpc) is 3.39. The number of aliphatic imine (C=N–C) groups is 1. The van der Waals surface area contributed by atoms with Crippen LogP contribution in [0.3, 0.4) is 0 Å². The maximum Gasteiger partial charge on any atom is 0.191 e. The average molecular weight is 499 g/mol. The first-order chi connectivity index (χ1) is 13.2. The molecule has 0 bridgehead atoms. The van der Waals surface area contributed by atoms with Crippen molar-refractivity contribution in [3.8, 4) is 0 Å². The normalized spacial score (nSPS) is 20.0. The Morgan fingerprint density at radius 2 is 1.75 bits per heavy atom. The summed E-state index contributed by atoms with van der Waals surface area (Å²) in [7, 11) is 1.86. The van der Waals surface area contributed by atoms with E-state index in [0.717, 1.165) is 12.5 Å². The smallest absolute Gasteiger partial charge is 0.191 e. The molecule has 0 aliphatic carbocycles. The number of halogens is 1. The first-order valence-electron chi connectivity index (χ1n) is 10.7. The topological polar surface area (TPSA) is 42.9 Å². The molecule has 2 fully saturated rings. The number of nitrogens with zero attached hydrogens (tertiary/aromatic N) is 3. The fourth-order valence-corrected chi connectivity index (χ4v) is 4.19. The molecule has 0 amide bonds. The molecule has 1 aromatic rings. The van der Waals surface area contributed by atoms with Gasteiger partial charge in [0.05, 0.1) is 6.04 Å². The van der Waals surface area contributed by atoms with Crippen LogP contribution in [0.2, 0.25) is 0 Å². The van der Waals surface area contributed by atoms with Crippen LogP contribution in [0, 0.1) is 5.92 Å². The number of rotatable bonds is 7. The van der Waals surface area contributed by atoms with Gasteiger partial charge < -0.3 is 20.4 Å². The molecule has 2 saturated heterocycles. The van der Waals surface area contributed by atoms with Crippen LogP contribution in [0.5, 0.6) is 0 Å². The molecule has 6 heteroatoms. The SMILES string of the molecule is CN=C(NCC(C)CN1CCCC1)NC(C)c1cccc(N2CCCC2)c1.I. The summed E-state index contributed by atoms with van der Waals surface area (Å²) in [6.07, 6.45) is 5.34. The molecule has 3 rings (SSSR count). The van der Waals surface area contributed by atoms with E-state index in [1.165, 1.54) is 69.7 Å². The van der Waals surface area contributed by atoms with Crippen LogP contribution >= 0.6 is 24.0 Å². The molecule has 2 atom stereocenters. The van der Waals surface area contributed by atoms with Crippen LogP contribution in [-0.4, -0.2) is 57.2 Å². The lowest BCUT2D eigenvalue weighted by molar-refractivity contribution is 0.287. The monoisotopic (exact) mass is 499 g/mol. The molecule has 2 unspecified atom stereocenters. The second-order valence-corrected chi connectivity index (χ2v) is 8.22. The zero-order chi connectivity index (χ0) is 19.1. The van der Waals surface area contributed by atoms with Gasteiger partial charge in [0.25, 0.3) is 0 Å². The lowest BCUT2D eigenvalue weighted by atomic mass is 10.1. The van der Waals surface area contributed by atoms with Crippen molar-refractivity contribution in [1.82, 2.24) is 15.5 Å². The van der Waals surface area contributed by atoms with Crippen molar-refractivity contribution in [2.75, 3.05) is 51.2 Å². The van der Waals surface area contributed by atoms with E-state index in [0.29, 0.717) is 5.92 Å². The molecule has 0 aromatic heterocycles. The fourth-order valence-electron chi connectivity index (χ4n) is 4.19. The Hall–Kier alpha value is -1.02. The Morgan fingerprint density at radius 3 is 2.43 bits per heavy atom. The molecular formula is C22H38IN5. The highest BCUT2D eigenvalue weighted by Gasteiger charge is 2.16. The van der Waals surface area contributed by atoms with Crippen molar-refractivity contribution in [3.63, 3.8) is 0 Å². The first-order valence-corrected chi connectivity index (χ1v) is 10.7. The number of hydrogen-bond acceptors (Lipinski definition) is 3. The van der Waals surface area contributed by atoms with Crippen LogP contribution in [0.25, 0.3) is 0 Å². The zero-order valence-corrected chi connectivity index (χ0v) is 20.1. The lowest BCUT2D eigenvalue weighted by Crippen LogP contribution is -2.42. The lowest BCUT2D eigenvalue weighted by Gasteiger charge is -2.24. The predicted octanol–water partition coefficient (Wildman–Crippen LogP) is 3.86. The molecular weight excluding hydrogens is 461 g/mol. The van der Waals surface area contributed by atoms with E-state index in [9.17, 15) is 0 Å². The first kappa shape index (κ1) is 23.3. The minimum absolute atomic E-state index is 0. The van der Waals surface area contributed by atoms with Gasteiger partial charge in [0, 0.05) is 38.9 Å². The Kier molecular flexibility index (Phi) is 9.85. The van der Waals surface area contributed by atoms with Crippen molar-refractivity contribution in [2.45, 2.75) is 45.6 Å². The molecule has 0 radical (unpaired) electrons. The molecule has 1 aromatic carbocycles. The van der Waals surface area contributed by atoms with Gasteiger partial charge in [-0.15, -0.1) is 24.0 Å². The highest BCUT2D eigenvalue weighted by atomic mass is 127. The molecule has 158 valence electrons. The van der Waals surface area contributed by atoms with E-state index >= 15 is 0 Å². The summed E-state index contributed by atoms with van der Waals surface area (Å²) < 4.78 is 0. The number of anilines is 1. The van der Waals surface area contributed by atoms with Crippen LogP contribution in [0.4, 0.5) is 5.69 Å². The Bertz CT molecular complexity index is 609. The molecule has 5 nitrogen and oxygen atoms in total. The second-order valence-electron chi connectivity index (χ2n) is 8.22. The zero-order valence-electron chi connectivity index (χ0n) is 17.8. The summed E-state index contributed by atoms with van der Waals surface area (Å²) in [5, 5.41) is 7.07. The van der Waals surface area contributed by atoms with E-state index in [-0.39, 0.29) is 30.0 Å². The van der Waals surface area contributed by atoms with E-state index in [1.807, 2.05) is 7.05 Å². The van der Waals surface area contributed by atoms with Gasteiger partial charge >= 0.3 is 0 Å². The molecule has 2 aliphatic heterocycles. The molecule has 2 N–H and O–H groups in total. The highest BCUT2D eigenvalue weighted by Crippen LogP contribution is 2.23. The summed E-state index contributed by atoms with van der Waals surface area (Å²) in [6.45, 7) is 11.6. The van der Waals surface area contributed by atoms with Crippen molar-refractivity contribution >= 4 is 35.6 Å². The van der Waals surface area contributed by atoms with Crippen molar-refractivity contribution in [1.29, 1.82) is 0 Å². The number of nitrogens with one attached hydrogen (secondary N) is 2. The molecule has 2 aliphatic rings. The number of likely N-dealkylation sites (tertiary alicyclic amines) is 1. The molecule has 2 heterocycles. The van der Waals surface area contributed by atoms with E-state index in [2.05, 4.69) is 63.5 Å². The van der Waals surface area contributed by atoms with Crippen LogP contribution in [-0.2, 0) is 0 Å². The maximum atomic E-state index is 4.43. The Balaban J connectivity index is 0.00000280. The highest BCUT2D eigenvalue weighted by molar-refractivity contribution is 14.0. The van der Waals surface area contributed by atoms with Crippen LogP contribution in [0.1, 0.15) is 51.1 Å². The third-order valence-corrected chi connectivity index (χ3v) is 5.80. The maximum absolute atomic E-state index is 4.43.